The number of piperidine rings is 1. The molecule has 1 aromatic heterocycles. The molecule has 1 saturated heterocycles. The molecule has 0 bridgehead atoms. The van der Waals surface area contributed by atoms with Gasteiger partial charge in [0.15, 0.2) is 5.82 Å². The number of tetrazole rings is 1. The van der Waals surface area contributed by atoms with Crippen LogP contribution in [0.5, 0.6) is 0 Å². The predicted octanol–water partition coefficient (Wildman–Crippen LogP) is -1.76. The van der Waals surface area contributed by atoms with Gasteiger partial charge in [0.25, 0.3) is 0 Å². The molecule has 0 saturated carbocycles. The zero-order valence-corrected chi connectivity index (χ0v) is 9.59. The lowest BCUT2D eigenvalue weighted by atomic mass is 10.1. The molecule has 1 amide bonds. The van der Waals surface area contributed by atoms with Crippen LogP contribution in [0.4, 0.5) is 0 Å². The van der Waals surface area contributed by atoms with E-state index in [4.69, 9.17) is 5.73 Å². The first-order chi connectivity index (χ1) is 8.24. The third kappa shape index (κ3) is 3.75. The number of carbonyl (C=O) groups excluding carboxylic acids is 1. The normalized spacial score (nSPS) is 18.2. The van der Waals surface area contributed by atoms with Crippen LogP contribution in [0, 0.1) is 0 Å². The van der Waals surface area contributed by atoms with E-state index in [0.29, 0.717) is 18.9 Å². The predicted molar refractivity (Wildman–Crippen MR) is 59.7 cm³/mol. The van der Waals surface area contributed by atoms with Crippen LogP contribution in [-0.2, 0) is 11.3 Å². The van der Waals surface area contributed by atoms with Gasteiger partial charge in [-0.2, -0.15) is 5.21 Å². The summed E-state index contributed by atoms with van der Waals surface area (Å²) in [5.41, 5.74) is 5.80. The van der Waals surface area contributed by atoms with Crippen molar-refractivity contribution < 1.29 is 4.79 Å². The highest BCUT2D eigenvalue weighted by atomic mass is 16.2. The Morgan fingerprint density at radius 2 is 2.29 bits per heavy atom. The topological polar surface area (TPSA) is 113 Å². The van der Waals surface area contributed by atoms with Gasteiger partial charge in [0, 0.05) is 19.1 Å². The maximum atomic E-state index is 11.6. The molecule has 0 aliphatic carbocycles. The molecule has 2 rings (SSSR count). The lowest BCUT2D eigenvalue weighted by Gasteiger charge is -2.29. The number of nitrogens with two attached hydrogens (primary N) is 1. The average Bonchev–Trinajstić information content (AvgIpc) is 2.83. The van der Waals surface area contributed by atoms with Crippen molar-refractivity contribution in [2.45, 2.75) is 25.4 Å². The van der Waals surface area contributed by atoms with Crippen LogP contribution in [0.1, 0.15) is 18.7 Å². The number of H-pyrrole nitrogens is 1. The van der Waals surface area contributed by atoms with E-state index in [-0.39, 0.29) is 11.9 Å². The Bertz CT molecular complexity index is 344. The quantitative estimate of drug-likeness (QED) is 0.573. The van der Waals surface area contributed by atoms with Gasteiger partial charge in [0.1, 0.15) is 0 Å². The number of hydrogen-bond donors (Lipinski definition) is 3. The molecule has 2 heterocycles. The summed E-state index contributed by atoms with van der Waals surface area (Å²) in [5.74, 6) is 0.462. The summed E-state index contributed by atoms with van der Waals surface area (Å²) >= 11 is 0. The minimum absolute atomic E-state index is 0.0229. The summed E-state index contributed by atoms with van der Waals surface area (Å²) in [6.07, 6.45) is 1.91. The Hall–Kier alpha value is -1.54. The number of rotatable bonds is 4. The van der Waals surface area contributed by atoms with E-state index in [1.165, 1.54) is 0 Å². The minimum atomic E-state index is -0.0229. The molecule has 0 atom stereocenters. The van der Waals surface area contributed by atoms with Gasteiger partial charge in [-0.25, -0.2) is 0 Å². The Morgan fingerprint density at radius 3 is 2.94 bits per heavy atom. The minimum Gasteiger partial charge on any atom is -0.348 e. The first-order valence-electron chi connectivity index (χ1n) is 5.71. The van der Waals surface area contributed by atoms with Crippen molar-refractivity contribution in [3.05, 3.63) is 5.82 Å². The monoisotopic (exact) mass is 239 g/mol. The van der Waals surface area contributed by atoms with E-state index in [1.54, 1.807) is 0 Å². The van der Waals surface area contributed by atoms with Crippen molar-refractivity contribution in [3.63, 3.8) is 0 Å². The number of aromatic amines is 1. The van der Waals surface area contributed by atoms with E-state index in [0.717, 1.165) is 25.9 Å². The van der Waals surface area contributed by atoms with E-state index in [2.05, 4.69) is 30.8 Å². The van der Waals surface area contributed by atoms with Gasteiger partial charge in [0.05, 0.1) is 13.1 Å². The van der Waals surface area contributed by atoms with Crippen molar-refractivity contribution in [2.75, 3.05) is 19.6 Å². The largest absolute Gasteiger partial charge is 0.348 e. The van der Waals surface area contributed by atoms with Crippen LogP contribution in [-0.4, -0.2) is 57.1 Å². The summed E-state index contributed by atoms with van der Waals surface area (Å²) in [7, 11) is 0. The third-order valence-corrected chi connectivity index (χ3v) is 2.83. The lowest BCUT2D eigenvalue weighted by Crippen LogP contribution is -2.44. The molecule has 4 N–H and O–H groups in total. The summed E-state index contributed by atoms with van der Waals surface area (Å²) in [4.78, 5) is 13.7. The molecule has 8 nitrogen and oxygen atoms in total. The van der Waals surface area contributed by atoms with Crippen LogP contribution in [0.25, 0.3) is 0 Å². The highest BCUT2D eigenvalue weighted by Crippen LogP contribution is 2.07. The number of carbonyl (C=O) groups is 1. The van der Waals surface area contributed by atoms with Gasteiger partial charge in [-0.3, -0.25) is 9.69 Å². The highest BCUT2D eigenvalue weighted by Gasteiger charge is 2.18. The lowest BCUT2D eigenvalue weighted by molar-refractivity contribution is -0.122. The smallest absolute Gasteiger partial charge is 0.234 e. The van der Waals surface area contributed by atoms with Crippen LogP contribution in [0.2, 0.25) is 0 Å². The Labute approximate surface area is 98.9 Å². The Balaban J connectivity index is 1.67. The third-order valence-electron chi connectivity index (χ3n) is 2.83. The number of aromatic nitrogens is 4. The van der Waals surface area contributed by atoms with Crippen molar-refractivity contribution in [2.24, 2.45) is 5.73 Å². The van der Waals surface area contributed by atoms with Crippen LogP contribution in [0.15, 0.2) is 0 Å². The summed E-state index contributed by atoms with van der Waals surface area (Å²) in [6, 6.07) is 0.286. The van der Waals surface area contributed by atoms with E-state index >= 15 is 0 Å². The second-order valence-electron chi connectivity index (χ2n) is 4.22. The van der Waals surface area contributed by atoms with Gasteiger partial charge in [-0.1, -0.05) is 5.21 Å². The number of nitrogens with one attached hydrogen (secondary N) is 2. The fourth-order valence-corrected chi connectivity index (χ4v) is 1.81. The number of nitrogens with zero attached hydrogens (tertiary/aromatic N) is 4. The van der Waals surface area contributed by atoms with Gasteiger partial charge in [0.2, 0.25) is 5.91 Å². The Morgan fingerprint density at radius 1 is 1.53 bits per heavy atom. The summed E-state index contributed by atoms with van der Waals surface area (Å²) in [5, 5.41) is 16.0. The van der Waals surface area contributed by atoms with Gasteiger partial charge >= 0.3 is 0 Å². The van der Waals surface area contributed by atoms with E-state index in [9.17, 15) is 4.79 Å². The van der Waals surface area contributed by atoms with Crippen molar-refractivity contribution >= 4 is 5.91 Å². The first kappa shape index (κ1) is 11.9. The van der Waals surface area contributed by atoms with Gasteiger partial charge in [-0.15, -0.1) is 10.2 Å². The molecule has 0 spiro atoms. The van der Waals surface area contributed by atoms with Crippen LogP contribution in [0.3, 0.4) is 0 Å². The molecule has 1 aromatic rings. The van der Waals surface area contributed by atoms with Crippen LogP contribution < -0.4 is 11.1 Å². The molecular formula is C9H17N7O. The molecular weight excluding hydrogens is 222 g/mol. The fourth-order valence-electron chi connectivity index (χ4n) is 1.81. The van der Waals surface area contributed by atoms with Gasteiger partial charge in [-0.05, 0) is 12.8 Å². The molecule has 17 heavy (non-hydrogen) atoms. The van der Waals surface area contributed by atoms with Gasteiger partial charge < -0.3 is 11.1 Å². The molecule has 0 radical (unpaired) electrons. The summed E-state index contributed by atoms with van der Waals surface area (Å²) in [6.45, 7) is 2.49. The standard InChI is InChI=1S/C9H17N7O/c10-7-1-3-16(4-2-7)6-9(17)11-5-8-12-14-15-13-8/h7H,1-6,10H2,(H,11,17)(H,12,13,14,15). The zero-order chi connectivity index (χ0) is 12.1. The zero-order valence-electron chi connectivity index (χ0n) is 9.59. The first-order valence-corrected chi connectivity index (χ1v) is 5.71. The average molecular weight is 239 g/mol. The van der Waals surface area contributed by atoms with Crippen LogP contribution >= 0.6 is 0 Å². The molecule has 1 fully saturated rings. The molecule has 8 heteroatoms. The van der Waals surface area contributed by atoms with E-state index < -0.39 is 0 Å². The number of hydrogen-bond acceptors (Lipinski definition) is 6. The second kappa shape index (κ2) is 5.69. The second-order valence-corrected chi connectivity index (χ2v) is 4.22. The molecule has 94 valence electrons. The maximum absolute atomic E-state index is 11.6. The fraction of sp³-hybridized carbons (Fsp3) is 0.778. The molecule has 0 unspecified atom stereocenters. The van der Waals surface area contributed by atoms with E-state index in [1.807, 2.05) is 0 Å². The molecule has 1 aliphatic heterocycles. The highest BCUT2D eigenvalue weighted by molar-refractivity contribution is 5.77. The number of likely N-dealkylation sites (tertiary alicyclic amines) is 1. The summed E-state index contributed by atoms with van der Waals surface area (Å²) < 4.78 is 0. The maximum Gasteiger partial charge on any atom is 0.234 e. The number of amides is 1. The molecule has 0 aromatic carbocycles. The van der Waals surface area contributed by atoms with Crippen molar-refractivity contribution in [3.8, 4) is 0 Å². The SMILES string of the molecule is NC1CCN(CC(=O)NCc2nn[nH]n2)CC1. The van der Waals surface area contributed by atoms with Crippen molar-refractivity contribution in [1.82, 2.24) is 30.8 Å². The Kier molecular flexibility index (Phi) is 3.99. The van der Waals surface area contributed by atoms with Crippen molar-refractivity contribution in [1.29, 1.82) is 0 Å². The molecule has 1 aliphatic rings.